The summed E-state index contributed by atoms with van der Waals surface area (Å²) in [4.78, 5) is 46.5. The van der Waals surface area contributed by atoms with Gasteiger partial charge in [-0.05, 0) is 44.4 Å². The molecular formula is C21H26N4O4. The number of likely N-dealkylation sites (tertiary alicyclic amines) is 1. The average Bonchev–Trinajstić information content (AvgIpc) is 3.05. The highest BCUT2D eigenvalue weighted by Gasteiger charge is 2.31. The maximum Gasteiger partial charge on any atom is 0.339 e. The van der Waals surface area contributed by atoms with Crippen LogP contribution in [0.3, 0.4) is 0 Å². The zero-order valence-corrected chi connectivity index (χ0v) is 16.9. The molecule has 1 aliphatic heterocycles. The fourth-order valence-corrected chi connectivity index (χ4v) is 3.73. The molecule has 0 aliphatic carbocycles. The number of nitrogens with zero attached hydrogens (tertiary/aromatic N) is 2. The lowest BCUT2D eigenvalue weighted by atomic mass is 9.96. The van der Waals surface area contributed by atoms with E-state index in [9.17, 15) is 14.4 Å². The van der Waals surface area contributed by atoms with Crippen LogP contribution in [0.1, 0.15) is 50.6 Å². The number of carbonyl (C=O) groups is 3. The number of ether oxygens (including phenoxy) is 1. The molecule has 1 aliphatic rings. The number of rotatable bonds is 5. The van der Waals surface area contributed by atoms with Gasteiger partial charge in [0.15, 0.2) is 0 Å². The van der Waals surface area contributed by atoms with Gasteiger partial charge in [0, 0.05) is 25.0 Å². The highest BCUT2D eigenvalue weighted by Crippen LogP contribution is 2.23. The van der Waals surface area contributed by atoms with Crippen LogP contribution in [0.15, 0.2) is 24.4 Å². The van der Waals surface area contributed by atoms with Gasteiger partial charge in [-0.2, -0.15) is 0 Å². The van der Waals surface area contributed by atoms with Crippen molar-refractivity contribution in [2.75, 3.05) is 20.2 Å². The van der Waals surface area contributed by atoms with E-state index < -0.39 is 5.97 Å². The van der Waals surface area contributed by atoms with Crippen molar-refractivity contribution in [1.29, 1.82) is 0 Å². The molecule has 1 saturated heterocycles. The van der Waals surface area contributed by atoms with E-state index in [-0.39, 0.29) is 17.7 Å². The summed E-state index contributed by atoms with van der Waals surface area (Å²) in [5.41, 5.74) is 2.72. The minimum absolute atomic E-state index is 0.0807. The molecule has 29 heavy (non-hydrogen) atoms. The number of pyridine rings is 1. The van der Waals surface area contributed by atoms with E-state index in [1.54, 1.807) is 24.9 Å². The number of amides is 2. The fourth-order valence-electron chi connectivity index (χ4n) is 3.73. The minimum Gasteiger partial charge on any atom is -0.465 e. The number of hydrogen-bond donors (Lipinski definition) is 2. The minimum atomic E-state index is -0.472. The van der Waals surface area contributed by atoms with E-state index >= 15 is 0 Å². The Hall–Kier alpha value is -3.16. The van der Waals surface area contributed by atoms with Gasteiger partial charge < -0.3 is 19.9 Å². The van der Waals surface area contributed by atoms with Crippen molar-refractivity contribution in [1.82, 2.24) is 20.2 Å². The Balaban J connectivity index is 1.66. The van der Waals surface area contributed by atoms with Crippen molar-refractivity contribution >= 4 is 17.8 Å². The van der Waals surface area contributed by atoms with Gasteiger partial charge in [-0.25, -0.2) is 4.79 Å². The molecule has 2 N–H and O–H groups in total. The molecule has 3 rings (SSSR count). The summed E-state index contributed by atoms with van der Waals surface area (Å²) in [6.07, 6.45) is 3.16. The van der Waals surface area contributed by atoms with E-state index in [1.807, 2.05) is 18.2 Å². The predicted molar refractivity (Wildman–Crippen MR) is 106 cm³/mol. The molecule has 0 bridgehead atoms. The molecule has 2 aromatic heterocycles. The fraction of sp³-hybridized carbons (Fsp3) is 0.429. The number of piperidine rings is 1. The van der Waals surface area contributed by atoms with Crippen molar-refractivity contribution in [3.8, 4) is 0 Å². The number of hydrogen-bond acceptors (Lipinski definition) is 5. The first kappa shape index (κ1) is 20.6. The molecule has 8 nitrogen and oxygen atoms in total. The molecule has 3 heterocycles. The molecule has 8 heteroatoms. The van der Waals surface area contributed by atoms with Gasteiger partial charge in [0.1, 0.15) is 5.69 Å². The summed E-state index contributed by atoms with van der Waals surface area (Å²) in [5, 5.41) is 2.91. The third-order valence-electron chi connectivity index (χ3n) is 5.29. The number of aromatic amines is 1. The largest absolute Gasteiger partial charge is 0.465 e. The standard InChI is InChI=1S/C21H26N4O4/c1-13-17(21(28)29-3)14(2)24-18(13)20(27)25-10-6-7-15(12-25)19(26)23-11-16-8-4-5-9-22-16/h4-5,8-9,15,24H,6-7,10-12H2,1-3H3,(H,23,26). The normalized spacial score (nSPS) is 16.4. The second kappa shape index (κ2) is 8.89. The smallest absolute Gasteiger partial charge is 0.339 e. The zero-order valence-electron chi connectivity index (χ0n) is 16.9. The number of esters is 1. The van der Waals surface area contributed by atoms with Gasteiger partial charge in [-0.15, -0.1) is 0 Å². The van der Waals surface area contributed by atoms with Crippen LogP contribution in [-0.2, 0) is 16.1 Å². The highest BCUT2D eigenvalue weighted by atomic mass is 16.5. The summed E-state index contributed by atoms with van der Waals surface area (Å²) in [6, 6.07) is 5.55. The third-order valence-corrected chi connectivity index (χ3v) is 5.29. The van der Waals surface area contributed by atoms with Crippen molar-refractivity contribution < 1.29 is 19.1 Å². The van der Waals surface area contributed by atoms with Crippen LogP contribution in [-0.4, -0.2) is 52.9 Å². The second-order valence-electron chi connectivity index (χ2n) is 7.25. The van der Waals surface area contributed by atoms with Crippen molar-refractivity contribution in [2.45, 2.75) is 33.2 Å². The van der Waals surface area contributed by atoms with E-state index in [0.29, 0.717) is 42.1 Å². The number of carbonyl (C=O) groups excluding carboxylic acids is 3. The summed E-state index contributed by atoms with van der Waals surface area (Å²) in [7, 11) is 1.31. The summed E-state index contributed by atoms with van der Waals surface area (Å²) in [6.45, 7) is 4.75. The van der Waals surface area contributed by atoms with Crippen molar-refractivity contribution in [3.63, 3.8) is 0 Å². The highest BCUT2D eigenvalue weighted by molar-refractivity contribution is 6.00. The molecule has 154 valence electrons. The summed E-state index contributed by atoms with van der Waals surface area (Å²) in [5.74, 6) is -1.03. The topological polar surface area (TPSA) is 104 Å². The van der Waals surface area contributed by atoms with Crippen LogP contribution in [0.5, 0.6) is 0 Å². The Bertz CT molecular complexity index is 907. The number of nitrogens with one attached hydrogen (secondary N) is 2. The molecule has 0 aromatic carbocycles. The number of methoxy groups -OCH3 is 1. The second-order valence-corrected chi connectivity index (χ2v) is 7.25. The number of aromatic nitrogens is 2. The Morgan fingerprint density at radius 3 is 2.79 bits per heavy atom. The number of H-pyrrole nitrogens is 1. The van der Waals surface area contributed by atoms with Crippen LogP contribution < -0.4 is 5.32 Å². The molecule has 1 unspecified atom stereocenters. The van der Waals surface area contributed by atoms with E-state index in [4.69, 9.17) is 4.74 Å². The van der Waals surface area contributed by atoms with Crippen LogP contribution in [0.2, 0.25) is 0 Å². The van der Waals surface area contributed by atoms with Crippen LogP contribution in [0.4, 0.5) is 0 Å². The van der Waals surface area contributed by atoms with E-state index in [2.05, 4.69) is 15.3 Å². The van der Waals surface area contributed by atoms with Gasteiger partial charge in [-0.3, -0.25) is 14.6 Å². The van der Waals surface area contributed by atoms with Crippen LogP contribution in [0.25, 0.3) is 0 Å². The monoisotopic (exact) mass is 398 g/mol. The predicted octanol–water partition coefficient (Wildman–Crippen LogP) is 1.98. The summed E-state index contributed by atoms with van der Waals surface area (Å²) >= 11 is 0. The molecule has 1 fully saturated rings. The first-order valence-corrected chi connectivity index (χ1v) is 9.66. The van der Waals surface area contributed by atoms with E-state index in [1.165, 1.54) is 7.11 Å². The molecular weight excluding hydrogens is 372 g/mol. The Labute approximate surface area is 169 Å². The van der Waals surface area contributed by atoms with E-state index in [0.717, 1.165) is 18.5 Å². The van der Waals surface area contributed by atoms with Crippen molar-refractivity contribution in [2.24, 2.45) is 5.92 Å². The average molecular weight is 398 g/mol. The van der Waals surface area contributed by atoms with Gasteiger partial charge in [0.05, 0.1) is 30.8 Å². The Morgan fingerprint density at radius 1 is 1.31 bits per heavy atom. The molecule has 0 spiro atoms. The Kier molecular flexibility index (Phi) is 6.31. The lowest BCUT2D eigenvalue weighted by molar-refractivity contribution is -0.126. The molecule has 1 atom stereocenters. The maximum atomic E-state index is 13.0. The van der Waals surface area contributed by atoms with Gasteiger partial charge in [0.25, 0.3) is 5.91 Å². The number of aryl methyl sites for hydroxylation is 1. The lowest BCUT2D eigenvalue weighted by Crippen LogP contribution is -2.45. The first-order valence-electron chi connectivity index (χ1n) is 9.66. The molecule has 2 aromatic rings. The molecule has 2 amide bonds. The lowest BCUT2D eigenvalue weighted by Gasteiger charge is -2.32. The molecule has 0 saturated carbocycles. The molecule has 0 radical (unpaired) electrons. The van der Waals surface area contributed by atoms with Gasteiger partial charge in [-0.1, -0.05) is 6.07 Å². The third kappa shape index (κ3) is 4.47. The van der Waals surface area contributed by atoms with Gasteiger partial charge in [0.2, 0.25) is 5.91 Å². The zero-order chi connectivity index (χ0) is 21.0. The quantitative estimate of drug-likeness (QED) is 0.750. The van der Waals surface area contributed by atoms with Crippen LogP contribution in [0, 0.1) is 19.8 Å². The maximum absolute atomic E-state index is 13.0. The first-order chi connectivity index (χ1) is 13.9. The SMILES string of the molecule is COC(=O)c1c(C)[nH]c(C(=O)N2CCCC(C(=O)NCc3ccccn3)C2)c1C. The van der Waals surface area contributed by atoms with Gasteiger partial charge >= 0.3 is 5.97 Å². The summed E-state index contributed by atoms with van der Waals surface area (Å²) < 4.78 is 4.81. The van der Waals surface area contributed by atoms with Crippen molar-refractivity contribution in [3.05, 3.63) is 52.6 Å². The van der Waals surface area contributed by atoms with Crippen LogP contribution >= 0.6 is 0 Å². The Morgan fingerprint density at radius 2 is 2.10 bits per heavy atom.